The van der Waals surface area contributed by atoms with Crippen LogP contribution in [-0.2, 0) is 17.5 Å². The van der Waals surface area contributed by atoms with Gasteiger partial charge in [-0.1, -0.05) is 6.42 Å². The fraction of sp³-hybridized carbons (Fsp3) is 0.692. The lowest BCUT2D eigenvalue weighted by molar-refractivity contribution is -0.141. The van der Waals surface area contributed by atoms with Crippen LogP contribution in [0.5, 0.6) is 0 Å². The average molecular weight is 304 g/mol. The SMILES string of the molecule is CNC1(C(N)=O)CCCC1CCn1ccc(C(F)(F)F)n1. The standard InChI is InChI=1S/C13H19F3N4O/c1-18-12(11(17)21)6-2-3-9(12)4-7-20-8-5-10(19-20)13(14,15)16/h5,8-9,18H,2-4,6-7H2,1H3,(H2,17,21). The van der Waals surface area contributed by atoms with E-state index in [1.54, 1.807) is 7.05 Å². The van der Waals surface area contributed by atoms with Crippen molar-refractivity contribution in [1.82, 2.24) is 15.1 Å². The first-order valence-corrected chi connectivity index (χ1v) is 6.89. The number of likely N-dealkylation sites (N-methyl/N-ethyl adjacent to an activating group) is 1. The molecule has 1 amide bonds. The van der Waals surface area contributed by atoms with Crippen molar-refractivity contribution in [3.8, 4) is 0 Å². The number of rotatable bonds is 5. The summed E-state index contributed by atoms with van der Waals surface area (Å²) in [6.07, 6.45) is -0.193. The molecule has 118 valence electrons. The van der Waals surface area contributed by atoms with Gasteiger partial charge in [-0.15, -0.1) is 0 Å². The molecule has 1 fully saturated rings. The van der Waals surface area contributed by atoms with Gasteiger partial charge in [0.25, 0.3) is 0 Å². The molecule has 1 aliphatic carbocycles. The molecule has 2 rings (SSSR count). The van der Waals surface area contributed by atoms with E-state index in [4.69, 9.17) is 5.73 Å². The smallest absolute Gasteiger partial charge is 0.368 e. The van der Waals surface area contributed by atoms with Crippen molar-refractivity contribution in [2.45, 2.75) is 43.9 Å². The Kier molecular flexibility index (Phi) is 4.27. The van der Waals surface area contributed by atoms with Gasteiger partial charge in [-0.3, -0.25) is 9.48 Å². The second kappa shape index (κ2) is 5.67. The van der Waals surface area contributed by atoms with Gasteiger partial charge >= 0.3 is 6.18 Å². The third-order valence-electron chi connectivity index (χ3n) is 4.34. The van der Waals surface area contributed by atoms with E-state index in [1.807, 2.05) is 0 Å². The summed E-state index contributed by atoms with van der Waals surface area (Å²) in [4.78, 5) is 11.7. The molecular formula is C13H19F3N4O. The topological polar surface area (TPSA) is 72.9 Å². The summed E-state index contributed by atoms with van der Waals surface area (Å²) in [5, 5.41) is 6.52. The molecule has 0 aliphatic heterocycles. The average Bonchev–Trinajstić information content (AvgIpc) is 3.02. The second-order valence-electron chi connectivity index (χ2n) is 5.43. The zero-order chi connectivity index (χ0) is 15.7. The van der Waals surface area contributed by atoms with E-state index in [1.165, 1.54) is 10.9 Å². The minimum absolute atomic E-state index is 0.0125. The number of amides is 1. The lowest BCUT2D eigenvalue weighted by atomic mass is 9.84. The summed E-state index contributed by atoms with van der Waals surface area (Å²) in [5.74, 6) is -0.387. The highest BCUT2D eigenvalue weighted by Gasteiger charge is 2.46. The Morgan fingerprint density at radius 3 is 2.86 bits per heavy atom. The van der Waals surface area contributed by atoms with Crippen LogP contribution in [0.4, 0.5) is 13.2 Å². The Morgan fingerprint density at radius 2 is 2.33 bits per heavy atom. The van der Waals surface area contributed by atoms with Gasteiger partial charge in [0.15, 0.2) is 5.69 Å². The molecule has 1 aromatic heterocycles. The van der Waals surface area contributed by atoms with Crippen LogP contribution >= 0.6 is 0 Å². The quantitative estimate of drug-likeness (QED) is 0.866. The third-order valence-corrected chi connectivity index (χ3v) is 4.34. The highest BCUT2D eigenvalue weighted by atomic mass is 19.4. The van der Waals surface area contributed by atoms with Crippen LogP contribution in [-0.4, -0.2) is 28.3 Å². The monoisotopic (exact) mass is 304 g/mol. The molecule has 21 heavy (non-hydrogen) atoms. The van der Waals surface area contributed by atoms with Gasteiger partial charge in [0.05, 0.1) is 0 Å². The maximum Gasteiger partial charge on any atom is 0.435 e. The first kappa shape index (κ1) is 15.8. The van der Waals surface area contributed by atoms with Crippen molar-refractivity contribution >= 4 is 5.91 Å². The summed E-state index contributed by atoms with van der Waals surface area (Å²) in [7, 11) is 1.69. The van der Waals surface area contributed by atoms with E-state index in [-0.39, 0.29) is 5.92 Å². The fourth-order valence-corrected chi connectivity index (χ4v) is 3.17. The zero-order valence-corrected chi connectivity index (χ0v) is 11.8. The van der Waals surface area contributed by atoms with Crippen LogP contribution in [0.2, 0.25) is 0 Å². The van der Waals surface area contributed by atoms with Crippen molar-refractivity contribution in [3.05, 3.63) is 18.0 Å². The van der Waals surface area contributed by atoms with Gasteiger partial charge in [0.2, 0.25) is 5.91 Å². The van der Waals surface area contributed by atoms with Crippen LogP contribution in [0.1, 0.15) is 31.4 Å². The first-order valence-electron chi connectivity index (χ1n) is 6.89. The van der Waals surface area contributed by atoms with Crippen molar-refractivity contribution < 1.29 is 18.0 Å². The maximum absolute atomic E-state index is 12.5. The molecular weight excluding hydrogens is 285 g/mol. The van der Waals surface area contributed by atoms with Gasteiger partial charge in [0.1, 0.15) is 5.54 Å². The molecule has 0 bridgehead atoms. The molecule has 3 N–H and O–H groups in total. The molecule has 2 atom stereocenters. The minimum atomic E-state index is -4.43. The molecule has 0 radical (unpaired) electrons. The number of hydrogen-bond acceptors (Lipinski definition) is 3. The predicted octanol–water partition coefficient (Wildman–Crippen LogP) is 1.54. The Bertz CT molecular complexity index is 514. The highest BCUT2D eigenvalue weighted by Crippen LogP contribution is 2.38. The third kappa shape index (κ3) is 3.04. The number of carbonyl (C=O) groups excluding carboxylic acids is 1. The van der Waals surface area contributed by atoms with Crippen LogP contribution in [0, 0.1) is 5.92 Å². The van der Waals surface area contributed by atoms with E-state index < -0.39 is 23.3 Å². The molecule has 0 spiro atoms. The van der Waals surface area contributed by atoms with Gasteiger partial charge in [-0.05, 0) is 38.3 Å². The molecule has 5 nitrogen and oxygen atoms in total. The number of nitrogens with two attached hydrogens (primary N) is 1. The molecule has 2 unspecified atom stereocenters. The molecule has 1 aliphatic rings. The predicted molar refractivity (Wildman–Crippen MR) is 70.2 cm³/mol. The van der Waals surface area contributed by atoms with Gasteiger partial charge in [-0.25, -0.2) is 0 Å². The number of alkyl halides is 3. The van der Waals surface area contributed by atoms with Crippen LogP contribution in [0.15, 0.2) is 12.3 Å². The molecule has 0 aromatic carbocycles. The second-order valence-corrected chi connectivity index (χ2v) is 5.43. The lowest BCUT2D eigenvalue weighted by Gasteiger charge is -2.32. The van der Waals surface area contributed by atoms with Crippen molar-refractivity contribution in [1.29, 1.82) is 0 Å². The van der Waals surface area contributed by atoms with E-state index >= 15 is 0 Å². The fourth-order valence-electron chi connectivity index (χ4n) is 3.17. The van der Waals surface area contributed by atoms with Gasteiger partial charge < -0.3 is 11.1 Å². The van der Waals surface area contributed by atoms with Crippen LogP contribution in [0.25, 0.3) is 0 Å². The number of carbonyl (C=O) groups is 1. The van der Waals surface area contributed by atoms with Crippen molar-refractivity contribution in [3.63, 3.8) is 0 Å². The number of aryl methyl sites for hydroxylation is 1. The minimum Gasteiger partial charge on any atom is -0.368 e. The Hall–Kier alpha value is -1.57. The normalized spacial score (nSPS) is 26.2. The summed E-state index contributed by atoms with van der Waals surface area (Å²) >= 11 is 0. The summed E-state index contributed by atoms with van der Waals surface area (Å²) in [5.41, 5.74) is 3.84. The molecule has 0 saturated heterocycles. The van der Waals surface area contributed by atoms with E-state index in [0.29, 0.717) is 19.4 Å². The van der Waals surface area contributed by atoms with Crippen molar-refractivity contribution in [2.75, 3.05) is 7.05 Å². The van der Waals surface area contributed by atoms with Crippen LogP contribution < -0.4 is 11.1 Å². The summed E-state index contributed by atoms with van der Waals surface area (Å²) in [6.45, 7) is 0.331. The van der Waals surface area contributed by atoms with Crippen LogP contribution in [0.3, 0.4) is 0 Å². The molecule has 8 heteroatoms. The molecule has 1 saturated carbocycles. The lowest BCUT2D eigenvalue weighted by Crippen LogP contribution is -2.56. The van der Waals surface area contributed by atoms with E-state index in [0.717, 1.165) is 18.9 Å². The van der Waals surface area contributed by atoms with Crippen molar-refractivity contribution in [2.24, 2.45) is 11.7 Å². The molecule has 1 aromatic rings. The van der Waals surface area contributed by atoms with E-state index in [2.05, 4.69) is 10.4 Å². The van der Waals surface area contributed by atoms with Gasteiger partial charge in [0, 0.05) is 12.7 Å². The van der Waals surface area contributed by atoms with Gasteiger partial charge in [-0.2, -0.15) is 18.3 Å². The Labute approximate surface area is 120 Å². The number of aromatic nitrogens is 2. The number of nitrogens with zero attached hydrogens (tertiary/aromatic N) is 2. The first-order chi connectivity index (χ1) is 9.79. The molecule has 1 heterocycles. The number of nitrogens with one attached hydrogen (secondary N) is 1. The maximum atomic E-state index is 12.5. The largest absolute Gasteiger partial charge is 0.435 e. The number of hydrogen-bond donors (Lipinski definition) is 2. The summed E-state index contributed by atoms with van der Waals surface area (Å²) in [6, 6.07) is 0.952. The highest BCUT2D eigenvalue weighted by molar-refractivity contribution is 5.85. The number of halogens is 3. The Morgan fingerprint density at radius 1 is 1.62 bits per heavy atom. The number of primary amides is 1. The Balaban J connectivity index is 2.02. The summed E-state index contributed by atoms with van der Waals surface area (Å²) < 4.78 is 38.7. The zero-order valence-electron chi connectivity index (χ0n) is 11.8. The van der Waals surface area contributed by atoms with E-state index in [9.17, 15) is 18.0 Å².